The number of aliphatic hydroxyl groups excluding tert-OH is 5. The van der Waals surface area contributed by atoms with E-state index >= 15 is 0 Å². The first kappa shape index (κ1) is 131. The van der Waals surface area contributed by atoms with Gasteiger partial charge >= 0.3 is 29.8 Å². The lowest BCUT2D eigenvalue weighted by atomic mass is 9.96. The maximum absolute atomic E-state index is 14.7. The summed E-state index contributed by atoms with van der Waals surface area (Å²) < 4.78 is 0. The second kappa shape index (κ2) is 67.8. The third kappa shape index (κ3) is 48.9. The molecule has 0 unspecified atom stereocenters. The van der Waals surface area contributed by atoms with Crippen molar-refractivity contribution in [3.8, 4) is 0 Å². The maximum Gasteiger partial charge on any atom is 0.328 e. The quantitative estimate of drug-likeness (QED) is 0.0153. The minimum Gasteiger partial charge on any atom is -0.481 e. The average Bonchev–Trinajstić information content (AvgIpc) is 1.72. The van der Waals surface area contributed by atoms with E-state index in [4.69, 9.17) is 39.8 Å². The molecule has 1 aliphatic heterocycles. The van der Waals surface area contributed by atoms with E-state index in [-0.39, 0.29) is 109 Å². The molecule has 1 fully saturated rings. The summed E-state index contributed by atoms with van der Waals surface area (Å²) in [6, 6.07) is -32.6. The molecule has 832 valence electrons. The van der Waals surface area contributed by atoms with Gasteiger partial charge in [0.2, 0.25) is 112 Å². The standard InChI is InChI=1S/C88H151N25O34/c1-10-41(5)65(82(141)107-57(39-115)87(146)147)108-77(136)53(25-30-63(125)126)102-79(138)56(38-114)106-73(132)49(20-16-34-96-88(94)95)98-71(130)47(18-12-14-32-89)97-75(134)51(23-28-61(121)122)100-74(133)50(22-27-59(92)119)99-76(135)52(24-29-62(123)124)104-81(140)66(42(6)11-2)109-85(144)69(45(9)118)111-78(137)54(26-31-64(127)128)101-72(131)48(19-13-15-33-90)103-83(142)68(44(8)117)112-80(139)58-21-17-35-113(58)86(145)55(36-40(3)4)105-84(143)67(43(7)116)110-70(129)46(91)37-60(93)120/h40-58,65-69,114-118H,10-39,89-91H2,1-9H3,(H2,92,119)(H2,93,120)(H,97,134)(H,98,130)(H,99,135)(H,100,133)(H,101,131)(H,102,138)(H,103,142)(H,104,140)(H,105,143)(H,106,132)(H,107,141)(H,108,136)(H,109,144)(H,110,129)(H,111,137)(H,112,139)(H,121,122)(H,123,124)(H,125,126)(H,127,128)(H,146,147)(H4,94,95,96)/t41-,42-,43+,44+,45+,46-,47-,48-,49-,50-,51-,52-,53-,54-,55-,56-,57-,58-,65-,66-,67-,68-,69-/m0/s1. The van der Waals surface area contributed by atoms with Gasteiger partial charge in [0.1, 0.15) is 103 Å². The molecule has 59 heteroatoms. The van der Waals surface area contributed by atoms with Crippen molar-refractivity contribution in [1.82, 2.24) is 95.3 Å². The number of aliphatic hydroxyl groups is 5. The topological polar surface area (TPSA) is 1000 Å². The smallest absolute Gasteiger partial charge is 0.328 e. The van der Waals surface area contributed by atoms with Gasteiger partial charge in [-0.3, -0.25) is 116 Å². The molecule has 40 N–H and O–H groups in total. The fraction of sp³-hybridized carbons (Fsp3) is 0.716. The highest BCUT2D eigenvalue weighted by molar-refractivity contribution is 6.03. The zero-order chi connectivity index (χ0) is 112. The number of carbonyl (C=O) groups is 24. The third-order valence-corrected chi connectivity index (χ3v) is 23.5. The van der Waals surface area contributed by atoms with Crippen LogP contribution in [0.1, 0.15) is 216 Å². The lowest BCUT2D eigenvalue weighted by Crippen LogP contribution is -2.63. The average molecular weight is 2100 g/mol. The number of nitrogens with zero attached hydrogens (tertiary/aromatic N) is 1. The van der Waals surface area contributed by atoms with Crippen molar-refractivity contribution >= 4 is 148 Å². The van der Waals surface area contributed by atoms with Crippen LogP contribution in [0.4, 0.5) is 0 Å². The Balaban J connectivity index is 3.86. The summed E-state index contributed by atoms with van der Waals surface area (Å²) >= 11 is 0. The number of carboxylic acids is 5. The fourth-order valence-electron chi connectivity index (χ4n) is 14.7. The summed E-state index contributed by atoms with van der Waals surface area (Å²) in [6.45, 7) is 10.0. The summed E-state index contributed by atoms with van der Waals surface area (Å²) in [5, 5.41) is 148. The minimum atomic E-state index is -2.14. The normalized spacial score (nSPS) is 16.7. The molecule has 0 aromatic rings. The monoisotopic (exact) mass is 2100 g/mol. The Bertz CT molecular complexity index is 4490. The molecule has 0 radical (unpaired) electrons. The molecule has 1 heterocycles. The second-order valence-corrected chi connectivity index (χ2v) is 36.2. The predicted octanol–water partition coefficient (Wildman–Crippen LogP) is -12.5. The largest absolute Gasteiger partial charge is 0.481 e. The van der Waals surface area contributed by atoms with Crippen LogP contribution >= 0.6 is 0 Å². The van der Waals surface area contributed by atoms with E-state index in [0.717, 1.165) is 25.7 Å². The molecule has 59 nitrogen and oxygen atoms in total. The van der Waals surface area contributed by atoms with Gasteiger partial charge in [0.15, 0.2) is 5.96 Å². The van der Waals surface area contributed by atoms with Gasteiger partial charge < -0.3 is 181 Å². The van der Waals surface area contributed by atoms with Gasteiger partial charge in [-0.15, -0.1) is 0 Å². The number of rotatable bonds is 74. The first-order valence-corrected chi connectivity index (χ1v) is 48.2. The molecule has 0 aliphatic carbocycles. The van der Waals surface area contributed by atoms with Crippen molar-refractivity contribution in [3.05, 3.63) is 0 Å². The number of hydrogen-bond donors (Lipinski definition) is 34. The van der Waals surface area contributed by atoms with Gasteiger partial charge in [-0.1, -0.05) is 54.4 Å². The molecular weight excluding hydrogens is 1950 g/mol. The molecule has 0 bridgehead atoms. The van der Waals surface area contributed by atoms with Gasteiger partial charge in [-0.25, -0.2) is 4.79 Å². The van der Waals surface area contributed by atoms with Crippen LogP contribution in [0.2, 0.25) is 0 Å². The van der Waals surface area contributed by atoms with E-state index in [1.165, 1.54) is 20.8 Å². The molecule has 0 aromatic carbocycles. The van der Waals surface area contributed by atoms with Crippen LogP contribution in [-0.2, 0) is 115 Å². The summed E-state index contributed by atoms with van der Waals surface area (Å²) in [6.07, 6.45) is -14.7. The number of guanidine groups is 1. The first-order valence-electron chi connectivity index (χ1n) is 48.2. The molecular formula is C88H151N25O34. The molecule has 0 aromatic heterocycles. The molecule has 19 amide bonds. The number of aliphatic carboxylic acids is 5. The van der Waals surface area contributed by atoms with Crippen molar-refractivity contribution in [3.63, 3.8) is 0 Å². The number of carbonyl (C=O) groups excluding carboxylic acids is 19. The number of nitrogens with two attached hydrogens (primary N) is 6. The third-order valence-electron chi connectivity index (χ3n) is 23.5. The number of carboxylic acid groups (broad SMARTS) is 5. The zero-order valence-corrected chi connectivity index (χ0v) is 83.8. The van der Waals surface area contributed by atoms with Crippen molar-refractivity contribution in [2.45, 2.75) is 343 Å². The number of hydrogen-bond acceptors (Lipinski definition) is 33. The number of amides is 19. The summed E-state index contributed by atoms with van der Waals surface area (Å²) in [5.41, 5.74) is 33.4. The van der Waals surface area contributed by atoms with E-state index in [1.54, 1.807) is 20.8 Å². The van der Waals surface area contributed by atoms with Crippen molar-refractivity contribution < 1.29 is 166 Å². The Kier molecular flexibility index (Phi) is 60.6. The Morgan fingerprint density at radius 2 is 0.633 bits per heavy atom. The van der Waals surface area contributed by atoms with E-state index in [0.29, 0.717) is 0 Å². The summed E-state index contributed by atoms with van der Waals surface area (Å²) in [4.78, 5) is 327. The molecule has 147 heavy (non-hydrogen) atoms. The Hall–Kier alpha value is -13.8. The van der Waals surface area contributed by atoms with E-state index in [2.05, 4.69) is 90.4 Å². The van der Waals surface area contributed by atoms with E-state index in [1.807, 2.05) is 0 Å². The lowest BCUT2D eigenvalue weighted by molar-refractivity contribution is -0.144. The van der Waals surface area contributed by atoms with Crippen molar-refractivity contribution in [1.29, 1.82) is 5.41 Å². The highest BCUT2D eigenvalue weighted by Gasteiger charge is 2.45. The van der Waals surface area contributed by atoms with Crippen LogP contribution in [0.5, 0.6) is 0 Å². The van der Waals surface area contributed by atoms with Crippen LogP contribution in [0.3, 0.4) is 0 Å². The van der Waals surface area contributed by atoms with Gasteiger partial charge in [-0.2, -0.15) is 0 Å². The Morgan fingerprint density at radius 3 is 0.952 bits per heavy atom. The molecule has 0 saturated carbocycles. The lowest BCUT2D eigenvalue weighted by Gasteiger charge is -2.32. The van der Waals surface area contributed by atoms with Crippen LogP contribution in [0, 0.1) is 23.2 Å². The van der Waals surface area contributed by atoms with Crippen molar-refractivity contribution in [2.24, 2.45) is 52.2 Å². The van der Waals surface area contributed by atoms with Gasteiger partial charge in [0, 0.05) is 45.2 Å². The SMILES string of the molecule is CC[C@H](C)[C@H](NC(=O)[C@H](CCC(=O)O)NC(=O)[C@H](CO)NC(=O)[C@H](CCCNC(=N)N)NC(=O)[C@H](CCCCN)NC(=O)[C@H](CCC(=O)O)NC(=O)[C@H](CCC(N)=O)NC(=O)[C@H](CCC(=O)O)NC(=O)[C@@H](NC(=O)[C@@H](NC(=O)[C@H](CCC(=O)O)NC(=O)[C@H](CCCCN)NC(=O)[C@@H](NC(=O)[C@@H]1CCCN1C(=O)[C@H](CC(C)C)NC(=O)[C@@H](NC(=O)[C@@H](N)CC(N)=O)[C@@H](C)O)[C@@H](C)O)[C@@H](C)O)[C@@H](C)CC)C(=O)N[C@@H](CO)C(=O)O. The van der Waals surface area contributed by atoms with Crippen LogP contribution in [-0.4, -0.2) is 370 Å². The van der Waals surface area contributed by atoms with Gasteiger partial charge in [0.25, 0.3) is 0 Å². The number of unbranched alkanes of at least 4 members (excludes halogenated alkanes) is 2. The predicted molar refractivity (Wildman–Crippen MR) is 513 cm³/mol. The highest BCUT2D eigenvalue weighted by Crippen LogP contribution is 2.23. The van der Waals surface area contributed by atoms with Crippen molar-refractivity contribution in [2.75, 3.05) is 39.4 Å². The minimum absolute atomic E-state index is 0.00922. The number of primary amides is 2. The molecule has 1 aliphatic rings. The van der Waals surface area contributed by atoms with Crippen LogP contribution in [0.25, 0.3) is 0 Å². The fourth-order valence-corrected chi connectivity index (χ4v) is 14.7. The Morgan fingerprint density at radius 1 is 0.347 bits per heavy atom. The molecule has 0 spiro atoms. The Labute approximate surface area is 846 Å². The zero-order valence-electron chi connectivity index (χ0n) is 83.8. The summed E-state index contributed by atoms with van der Waals surface area (Å²) in [7, 11) is 0. The highest BCUT2D eigenvalue weighted by atomic mass is 16.4. The maximum atomic E-state index is 14.7. The van der Waals surface area contributed by atoms with E-state index < -0.39 is 377 Å². The van der Waals surface area contributed by atoms with E-state index in [9.17, 15) is 166 Å². The van der Waals surface area contributed by atoms with Gasteiger partial charge in [0.05, 0.1) is 44.0 Å². The number of nitrogens with one attached hydrogen (secondary N) is 18. The van der Waals surface area contributed by atoms with Crippen LogP contribution in [0.15, 0.2) is 0 Å². The first-order chi connectivity index (χ1) is 68.8. The van der Waals surface area contributed by atoms with Crippen LogP contribution < -0.4 is 125 Å². The number of likely N-dealkylation sites (tertiary alicyclic amines) is 1. The molecule has 1 saturated heterocycles. The van der Waals surface area contributed by atoms with Gasteiger partial charge in [-0.05, 0) is 154 Å². The second-order valence-electron chi connectivity index (χ2n) is 36.2. The molecule has 23 atom stereocenters. The molecule has 1 rings (SSSR count). The summed E-state index contributed by atoms with van der Waals surface area (Å²) in [5.74, 6) is -33.2.